The Hall–Kier alpha value is -3.45. The molecular formula is C22H19N3O3S. The molecule has 0 fully saturated rings. The standard InChI is InChI=1S/C22H19N3O3S/c1-14-7-6-8-16(11-14)23-19(26)13-24-21-18(12-15(2)29-21)20(27)25(22(24)28)17-9-4-3-5-10-17/h3-12H,13H2,1-2H3,(H,23,26). The molecule has 2 heterocycles. The summed E-state index contributed by atoms with van der Waals surface area (Å²) in [4.78, 5) is 40.3. The van der Waals surface area contributed by atoms with E-state index < -0.39 is 5.69 Å². The Labute approximate surface area is 170 Å². The van der Waals surface area contributed by atoms with Gasteiger partial charge >= 0.3 is 5.69 Å². The SMILES string of the molecule is Cc1cccc(NC(=O)Cn2c(=O)n(-c3ccccc3)c(=O)c3cc(C)sc32)c1. The second-order valence-corrected chi connectivity index (χ2v) is 8.07. The first kappa shape index (κ1) is 18.9. The third-order valence-electron chi connectivity index (χ3n) is 4.55. The van der Waals surface area contributed by atoms with E-state index in [9.17, 15) is 14.4 Å². The Kier molecular flexibility index (Phi) is 4.90. The Bertz CT molecular complexity index is 1330. The molecule has 0 spiro atoms. The molecule has 0 aliphatic carbocycles. The number of aromatic nitrogens is 2. The fourth-order valence-corrected chi connectivity index (χ4v) is 4.27. The highest BCUT2D eigenvalue weighted by molar-refractivity contribution is 7.18. The van der Waals surface area contributed by atoms with Gasteiger partial charge in [-0.25, -0.2) is 9.36 Å². The van der Waals surface area contributed by atoms with Crippen LogP contribution in [0.2, 0.25) is 0 Å². The molecule has 2 aromatic carbocycles. The van der Waals surface area contributed by atoms with Gasteiger partial charge in [-0.05, 0) is 49.7 Å². The molecular weight excluding hydrogens is 386 g/mol. The normalized spacial score (nSPS) is 11.0. The van der Waals surface area contributed by atoms with Gasteiger partial charge in [0, 0.05) is 10.6 Å². The third-order valence-corrected chi connectivity index (χ3v) is 5.63. The van der Waals surface area contributed by atoms with Crippen LogP contribution >= 0.6 is 11.3 Å². The van der Waals surface area contributed by atoms with E-state index in [1.807, 2.05) is 38.1 Å². The van der Waals surface area contributed by atoms with Gasteiger partial charge in [-0.15, -0.1) is 11.3 Å². The number of para-hydroxylation sites is 1. The van der Waals surface area contributed by atoms with Gasteiger partial charge in [0.1, 0.15) is 11.4 Å². The smallest absolute Gasteiger partial charge is 0.325 e. The molecule has 1 N–H and O–H groups in total. The molecule has 0 radical (unpaired) electrons. The Morgan fingerprint density at radius 3 is 2.48 bits per heavy atom. The molecule has 0 unspecified atom stereocenters. The van der Waals surface area contributed by atoms with E-state index in [2.05, 4.69) is 5.32 Å². The third kappa shape index (κ3) is 3.64. The average molecular weight is 405 g/mol. The van der Waals surface area contributed by atoms with Gasteiger partial charge in [0.05, 0.1) is 11.1 Å². The van der Waals surface area contributed by atoms with Crippen LogP contribution in [0.25, 0.3) is 15.9 Å². The highest BCUT2D eigenvalue weighted by Gasteiger charge is 2.18. The predicted molar refractivity (Wildman–Crippen MR) is 116 cm³/mol. The molecule has 29 heavy (non-hydrogen) atoms. The van der Waals surface area contributed by atoms with Crippen molar-refractivity contribution in [1.29, 1.82) is 0 Å². The summed E-state index contributed by atoms with van der Waals surface area (Å²) in [5, 5.41) is 3.25. The second-order valence-electron chi connectivity index (χ2n) is 6.84. The van der Waals surface area contributed by atoms with Gasteiger partial charge in [0.15, 0.2) is 0 Å². The van der Waals surface area contributed by atoms with Crippen molar-refractivity contribution in [3.63, 3.8) is 0 Å². The summed E-state index contributed by atoms with van der Waals surface area (Å²) >= 11 is 1.33. The maximum absolute atomic E-state index is 13.2. The number of carbonyl (C=O) groups is 1. The summed E-state index contributed by atoms with van der Waals surface area (Å²) in [5.41, 5.74) is 1.25. The maximum Gasteiger partial charge on any atom is 0.337 e. The van der Waals surface area contributed by atoms with Gasteiger partial charge < -0.3 is 5.32 Å². The van der Waals surface area contributed by atoms with Crippen LogP contribution in [-0.2, 0) is 11.3 Å². The molecule has 4 rings (SSSR count). The Balaban J connectivity index is 1.82. The van der Waals surface area contributed by atoms with E-state index in [0.29, 0.717) is 21.6 Å². The van der Waals surface area contributed by atoms with Gasteiger partial charge in [-0.3, -0.25) is 14.2 Å². The molecule has 146 valence electrons. The minimum absolute atomic E-state index is 0.184. The predicted octanol–water partition coefficient (Wildman–Crippen LogP) is 3.47. The fourth-order valence-electron chi connectivity index (χ4n) is 3.28. The van der Waals surface area contributed by atoms with E-state index in [4.69, 9.17) is 0 Å². The summed E-state index contributed by atoms with van der Waals surface area (Å²) in [7, 11) is 0. The lowest BCUT2D eigenvalue weighted by molar-refractivity contribution is -0.116. The summed E-state index contributed by atoms with van der Waals surface area (Å²) in [5.74, 6) is -0.330. The molecule has 7 heteroatoms. The summed E-state index contributed by atoms with van der Waals surface area (Å²) in [6.07, 6.45) is 0. The molecule has 0 aliphatic rings. The fraction of sp³-hybridized carbons (Fsp3) is 0.136. The molecule has 2 aromatic heterocycles. The van der Waals surface area contributed by atoms with E-state index in [0.717, 1.165) is 15.0 Å². The summed E-state index contributed by atoms with van der Waals surface area (Å²) in [6.45, 7) is 3.63. The van der Waals surface area contributed by atoms with Crippen molar-refractivity contribution in [3.8, 4) is 5.69 Å². The van der Waals surface area contributed by atoms with Gasteiger partial charge in [-0.1, -0.05) is 30.3 Å². The number of fused-ring (bicyclic) bond motifs is 1. The van der Waals surface area contributed by atoms with Crippen LogP contribution in [-0.4, -0.2) is 15.0 Å². The van der Waals surface area contributed by atoms with Crippen LogP contribution in [0, 0.1) is 13.8 Å². The minimum atomic E-state index is -0.532. The number of anilines is 1. The number of benzene rings is 2. The number of nitrogens with one attached hydrogen (secondary N) is 1. The van der Waals surface area contributed by atoms with Crippen molar-refractivity contribution in [2.24, 2.45) is 0 Å². The van der Waals surface area contributed by atoms with Gasteiger partial charge in [0.2, 0.25) is 5.91 Å². The number of nitrogens with zero attached hydrogens (tertiary/aromatic N) is 2. The minimum Gasteiger partial charge on any atom is -0.325 e. The lowest BCUT2D eigenvalue weighted by Gasteiger charge is -2.12. The largest absolute Gasteiger partial charge is 0.337 e. The lowest BCUT2D eigenvalue weighted by Crippen LogP contribution is -2.40. The highest BCUT2D eigenvalue weighted by Crippen LogP contribution is 2.22. The number of carbonyl (C=O) groups excluding carboxylic acids is 1. The highest BCUT2D eigenvalue weighted by atomic mass is 32.1. The molecule has 0 aliphatic heterocycles. The number of amides is 1. The maximum atomic E-state index is 13.2. The number of rotatable bonds is 4. The van der Waals surface area contributed by atoms with Crippen LogP contribution in [0.4, 0.5) is 5.69 Å². The zero-order valence-electron chi connectivity index (χ0n) is 16.0. The number of hydrogen-bond donors (Lipinski definition) is 1. The monoisotopic (exact) mass is 405 g/mol. The van der Waals surface area contributed by atoms with E-state index in [-0.39, 0.29) is 18.0 Å². The van der Waals surface area contributed by atoms with Crippen molar-refractivity contribution in [2.45, 2.75) is 20.4 Å². The van der Waals surface area contributed by atoms with E-state index >= 15 is 0 Å². The Morgan fingerprint density at radius 1 is 1.00 bits per heavy atom. The van der Waals surface area contributed by atoms with Crippen LogP contribution < -0.4 is 16.6 Å². The van der Waals surface area contributed by atoms with Crippen LogP contribution in [0.15, 0.2) is 70.3 Å². The first-order valence-corrected chi connectivity index (χ1v) is 9.93. The molecule has 6 nitrogen and oxygen atoms in total. The first-order chi connectivity index (χ1) is 13.9. The van der Waals surface area contributed by atoms with Crippen molar-refractivity contribution >= 4 is 33.1 Å². The summed E-state index contributed by atoms with van der Waals surface area (Å²) < 4.78 is 2.49. The zero-order valence-corrected chi connectivity index (χ0v) is 16.8. The molecule has 0 atom stereocenters. The van der Waals surface area contributed by atoms with Crippen LogP contribution in [0.3, 0.4) is 0 Å². The number of hydrogen-bond acceptors (Lipinski definition) is 4. The zero-order chi connectivity index (χ0) is 20.5. The van der Waals surface area contributed by atoms with Gasteiger partial charge in [0.25, 0.3) is 5.56 Å². The van der Waals surface area contributed by atoms with Crippen molar-refractivity contribution in [1.82, 2.24) is 9.13 Å². The second kappa shape index (κ2) is 7.52. The molecule has 1 amide bonds. The van der Waals surface area contributed by atoms with Crippen LogP contribution in [0.5, 0.6) is 0 Å². The first-order valence-electron chi connectivity index (χ1n) is 9.12. The summed E-state index contributed by atoms with van der Waals surface area (Å²) in [6, 6.07) is 17.9. The molecule has 0 saturated carbocycles. The lowest BCUT2D eigenvalue weighted by atomic mass is 10.2. The average Bonchev–Trinajstić information content (AvgIpc) is 3.08. The van der Waals surface area contributed by atoms with Crippen molar-refractivity contribution in [3.05, 3.63) is 91.9 Å². The molecule has 0 bridgehead atoms. The van der Waals surface area contributed by atoms with E-state index in [1.54, 1.807) is 36.4 Å². The Morgan fingerprint density at radius 2 is 1.76 bits per heavy atom. The quantitative estimate of drug-likeness (QED) is 0.565. The topological polar surface area (TPSA) is 73.1 Å². The van der Waals surface area contributed by atoms with Crippen molar-refractivity contribution in [2.75, 3.05) is 5.32 Å². The number of thiophene rings is 1. The van der Waals surface area contributed by atoms with Crippen molar-refractivity contribution < 1.29 is 4.79 Å². The molecule has 4 aromatic rings. The van der Waals surface area contributed by atoms with Crippen LogP contribution in [0.1, 0.15) is 10.4 Å². The van der Waals surface area contributed by atoms with E-state index in [1.165, 1.54) is 15.9 Å². The number of aryl methyl sites for hydroxylation is 2. The molecule has 0 saturated heterocycles. The van der Waals surface area contributed by atoms with Gasteiger partial charge in [-0.2, -0.15) is 0 Å².